The van der Waals surface area contributed by atoms with Gasteiger partial charge in [0.2, 0.25) is 0 Å². The predicted octanol–water partition coefficient (Wildman–Crippen LogP) is 4.34. The van der Waals surface area contributed by atoms with Gasteiger partial charge in [-0.2, -0.15) is 0 Å². The van der Waals surface area contributed by atoms with Gasteiger partial charge in [0.1, 0.15) is 5.82 Å². The minimum Gasteiger partial charge on any atom is -0.382 e. The molecule has 1 aromatic carbocycles. The highest BCUT2D eigenvalue weighted by Gasteiger charge is 2.07. The molecule has 2 aromatic heterocycles. The predicted molar refractivity (Wildman–Crippen MR) is 88.8 cm³/mol. The van der Waals surface area contributed by atoms with Gasteiger partial charge in [0.25, 0.3) is 0 Å². The topological polar surface area (TPSA) is 51.8 Å². The van der Waals surface area contributed by atoms with Crippen molar-refractivity contribution < 1.29 is 0 Å². The van der Waals surface area contributed by atoms with E-state index in [0.29, 0.717) is 17.3 Å². The molecule has 0 bridgehead atoms. The maximum atomic E-state index is 5.99. The third-order valence-electron chi connectivity index (χ3n) is 3.18. The van der Waals surface area contributed by atoms with Crippen LogP contribution in [-0.2, 0) is 6.42 Å². The van der Waals surface area contributed by atoms with Crippen molar-refractivity contribution in [3.8, 4) is 11.3 Å². The second kappa shape index (κ2) is 5.84. The highest BCUT2D eigenvalue weighted by molar-refractivity contribution is 7.10. The van der Waals surface area contributed by atoms with E-state index in [2.05, 4.69) is 46.5 Å². The Morgan fingerprint density at radius 1 is 1.24 bits per heavy atom. The Morgan fingerprint density at radius 3 is 2.71 bits per heavy atom. The van der Waals surface area contributed by atoms with E-state index in [1.165, 1.54) is 5.56 Å². The van der Waals surface area contributed by atoms with Crippen molar-refractivity contribution in [2.75, 3.05) is 5.73 Å². The molecule has 0 aliphatic heterocycles. The summed E-state index contributed by atoms with van der Waals surface area (Å²) in [4.78, 5) is 8.75. The lowest BCUT2D eigenvalue weighted by molar-refractivity contribution is 1.11. The van der Waals surface area contributed by atoms with Crippen molar-refractivity contribution in [2.45, 2.75) is 13.3 Å². The normalized spacial score (nSPS) is 10.8. The molecule has 0 aliphatic carbocycles. The first-order chi connectivity index (χ1) is 10.1. The summed E-state index contributed by atoms with van der Waals surface area (Å²) < 4.78 is 0. The van der Waals surface area contributed by atoms with Gasteiger partial charge in [0.15, 0.2) is 0 Å². The molecule has 3 nitrogen and oxygen atoms in total. The van der Waals surface area contributed by atoms with Crippen LogP contribution in [0.25, 0.3) is 11.3 Å². The number of nitrogens with zero attached hydrogens (tertiary/aromatic N) is 2. The zero-order chi connectivity index (χ0) is 14.8. The number of halogens is 1. The number of pyridine rings is 1. The third-order valence-corrected chi connectivity index (χ3v) is 4.33. The summed E-state index contributed by atoms with van der Waals surface area (Å²) in [7, 11) is 0. The summed E-state index contributed by atoms with van der Waals surface area (Å²) in [5.74, 6) is 0.361. The van der Waals surface area contributed by atoms with Gasteiger partial charge in [-0.25, -0.2) is 9.97 Å². The van der Waals surface area contributed by atoms with E-state index in [9.17, 15) is 0 Å². The maximum Gasteiger partial charge on any atom is 0.142 e. The minimum atomic E-state index is 0.361. The fourth-order valence-electron chi connectivity index (χ4n) is 2.01. The van der Waals surface area contributed by atoms with E-state index >= 15 is 0 Å². The number of rotatable bonds is 3. The van der Waals surface area contributed by atoms with Gasteiger partial charge >= 0.3 is 0 Å². The van der Waals surface area contributed by atoms with Gasteiger partial charge in [0, 0.05) is 23.6 Å². The lowest BCUT2D eigenvalue weighted by atomic mass is 10.1. The number of nitrogen functional groups attached to an aromatic ring is 1. The highest BCUT2D eigenvalue weighted by atomic mass is 35.5. The second-order valence-electron chi connectivity index (χ2n) is 4.88. The van der Waals surface area contributed by atoms with Crippen LogP contribution < -0.4 is 5.73 Å². The lowest BCUT2D eigenvalue weighted by Crippen LogP contribution is -1.94. The van der Waals surface area contributed by atoms with Crippen LogP contribution in [0.3, 0.4) is 0 Å². The Kier molecular flexibility index (Phi) is 3.90. The van der Waals surface area contributed by atoms with Crippen LogP contribution in [-0.4, -0.2) is 9.97 Å². The van der Waals surface area contributed by atoms with Crippen molar-refractivity contribution in [3.05, 3.63) is 63.1 Å². The summed E-state index contributed by atoms with van der Waals surface area (Å²) >= 11 is 7.63. The molecule has 21 heavy (non-hydrogen) atoms. The lowest BCUT2D eigenvalue weighted by Gasteiger charge is -2.01. The van der Waals surface area contributed by atoms with Crippen molar-refractivity contribution >= 4 is 28.8 Å². The average molecular weight is 316 g/mol. The van der Waals surface area contributed by atoms with E-state index in [-0.39, 0.29) is 0 Å². The van der Waals surface area contributed by atoms with Crippen LogP contribution in [0.2, 0.25) is 5.02 Å². The van der Waals surface area contributed by atoms with Gasteiger partial charge in [-0.1, -0.05) is 41.4 Å². The monoisotopic (exact) mass is 315 g/mol. The Morgan fingerprint density at radius 2 is 2.00 bits per heavy atom. The van der Waals surface area contributed by atoms with E-state index in [0.717, 1.165) is 21.8 Å². The van der Waals surface area contributed by atoms with Gasteiger partial charge in [-0.15, -0.1) is 11.3 Å². The third kappa shape index (κ3) is 3.23. The second-order valence-corrected chi connectivity index (χ2v) is 6.23. The Hall–Kier alpha value is -1.91. The van der Waals surface area contributed by atoms with Crippen LogP contribution in [0.4, 0.5) is 5.82 Å². The summed E-state index contributed by atoms with van der Waals surface area (Å²) in [5, 5.41) is 3.60. The molecular formula is C16H14ClN3S. The Labute approximate surface area is 132 Å². The first-order valence-corrected chi connectivity index (χ1v) is 7.79. The van der Waals surface area contributed by atoms with E-state index in [4.69, 9.17) is 17.3 Å². The number of aryl methyl sites for hydroxylation is 1. The number of hydrogen-bond acceptors (Lipinski definition) is 4. The summed E-state index contributed by atoms with van der Waals surface area (Å²) in [6, 6.07) is 10.2. The number of nitrogens with two attached hydrogens (primary N) is 1. The van der Waals surface area contributed by atoms with E-state index in [1.54, 1.807) is 17.5 Å². The number of anilines is 1. The van der Waals surface area contributed by atoms with Crippen LogP contribution >= 0.6 is 22.9 Å². The average Bonchev–Trinajstić information content (AvgIpc) is 2.92. The fraction of sp³-hybridized carbons (Fsp3) is 0.125. The van der Waals surface area contributed by atoms with Gasteiger partial charge < -0.3 is 5.73 Å². The molecule has 3 rings (SSSR count). The number of benzene rings is 1. The van der Waals surface area contributed by atoms with E-state index < -0.39 is 0 Å². The van der Waals surface area contributed by atoms with Crippen molar-refractivity contribution in [3.63, 3.8) is 0 Å². The summed E-state index contributed by atoms with van der Waals surface area (Å²) in [6.07, 6.45) is 2.46. The maximum absolute atomic E-state index is 5.99. The van der Waals surface area contributed by atoms with E-state index in [1.807, 2.05) is 6.07 Å². The molecule has 0 fully saturated rings. The molecule has 0 saturated heterocycles. The Balaban J connectivity index is 1.81. The molecule has 2 N–H and O–H groups in total. The fourth-order valence-corrected chi connectivity index (χ4v) is 3.03. The molecule has 0 aliphatic rings. The quantitative estimate of drug-likeness (QED) is 0.782. The molecule has 3 aromatic rings. The number of aromatic nitrogens is 2. The molecule has 106 valence electrons. The van der Waals surface area contributed by atoms with Gasteiger partial charge in [-0.05, 0) is 18.6 Å². The van der Waals surface area contributed by atoms with Crippen LogP contribution in [0.15, 0.2) is 41.9 Å². The largest absolute Gasteiger partial charge is 0.382 e. The molecule has 0 atom stereocenters. The van der Waals surface area contributed by atoms with Gasteiger partial charge in [0.05, 0.1) is 15.7 Å². The SMILES string of the molecule is Cc1ccc(-c2csc(Cc3cnc(N)c(Cl)c3)n2)cc1. The molecule has 2 heterocycles. The molecule has 0 radical (unpaired) electrons. The number of hydrogen-bond donors (Lipinski definition) is 1. The zero-order valence-corrected chi connectivity index (χ0v) is 13.1. The smallest absolute Gasteiger partial charge is 0.142 e. The van der Waals surface area contributed by atoms with Crippen LogP contribution in [0.5, 0.6) is 0 Å². The molecule has 0 unspecified atom stereocenters. The molecule has 0 spiro atoms. The van der Waals surface area contributed by atoms with Crippen molar-refractivity contribution in [1.29, 1.82) is 0 Å². The minimum absolute atomic E-state index is 0.361. The molecule has 0 saturated carbocycles. The van der Waals surface area contributed by atoms with Gasteiger partial charge in [-0.3, -0.25) is 0 Å². The number of thiazole rings is 1. The molecule has 5 heteroatoms. The zero-order valence-electron chi connectivity index (χ0n) is 11.5. The summed E-state index contributed by atoms with van der Waals surface area (Å²) in [6.45, 7) is 2.08. The Bertz CT molecular complexity index is 765. The summed E-state index contributed by atoms with van der Waals surface area (Å²) in [5.41, 5.74) is 10.0. The standard InChI is InChI=1S/C16H14ClN3S/c1-10-2-4-12(5-3-10)14-9-21-15(20-14)7-11-6-13(17)16(18)19-8-11/h2-6,8-9H,7H2,1H3,(H2,18,19). The van der Waals surface area contributed by atoms with Crippen LogP contribution in [0, 0.1) is 6.92 Å². The van der Waals surface area contributed by atoms with Crippen molar-refractivity contribution in [2.24, 2.45) is 0 Å². The molecular weight excluding hydrogens is 302 g/mol. The first-order valence-electron chi connectivity index (χ1n) is 6.53. The van der Waals surface area contributed by atoms with Crippen molar-refractivity contribution in [1.82, 2.24) is 9.97 Å². The first kappa shape index (κ1) is 14.0. The highest BCUT2D eigenvalue weighted by Crippen LogP contribution is 2.25. The molecule has 0 amide bonds. The van der Waals surface area contributed by atoms with Crippen LogP contribution in [0.1, 0.15) is 16.1 Å².